The number of methoxy groups -OCH3 is 2. The zero-order valence-corrected chi connectivity index (χ0v) is 18.3. The van der Waals surface area contributed by atoms with Crippen molar-refractivity contribution in [2.75, 3.05) is 19.5 Å². The van der Waals surface area contributed by atoms with Gasteiger partial charge in [-0.05, 0) is 19.9 Å². The summed E-state index contributed by atoms with van der Waals surface area (Å²) >= 11 is 0. The van der Waals surface area contributed by atoms with Crippen LogP contribution in [-0.2, 0) is 17.8 Å². The number of anilines is 1. The highest BCUT2D eigenvalue weighted by molar-refractivity contribution is 5.91. The van der Waals surface area contributed by atoms with E-state index in [4.69, 9.17) is 9.47 Å². The molecule has 0 aliphatic rings. The van der Waals surface area contributed by atoms with Crippen LogP contribution in [0.4, 0.5) is 5.82 Å². The second kappa shape index (κ2) is 8.58. The first-order valence-electron chi connectivity index (χ1n) is 10.0. The van der Waals surface area contributed by atoms with Crippen molar-refractivity contribution in [3.8, 4) is 11.5 Å². The van der Waals surface area contributed by atoms with Gasteiger partial charge in [0.05, 0.1) is 33.4 Å². The Hall–Kier alpha value is -4.08. The maximum atomic E-state index is 12.8. The second-order valence-corrected chi connectivity index (χ2v) is 7.33. The third-order valence-corrected chi connectivity index (χ3v) is 5.33. The van der Waals surface area contributed by atoms with Crippen molar-refractivity contribution in [2.45, 2.75) is 26.8 Å². The summed E-state index contributed by atoms with van der Waals surface area (Å²) < 4.78 is 14.1. The normalized spacial score (nSPS) is 11.0. The third-order valence-electron chi connectivity index (χ3n) is 5.33. The number of rotatable bonds is 7. The lowest BCUT2D eigenvalue weighted by Gasteiger charge is -2.15. The molecule has 10 nitrogen and oxygen atoms in total. The van der Waals surface area contributed by atoms with Crippen LogP contribution in [0.2, 0.25) is 0 Å². The highest BCUT2D eigenvalue weighted by Gasteiger charge is 2.17. The summed E-state index contributed by atoms with van der Waals surface area (Å²) in [4.78, 5) is 28.9. The summed E-state index contributed by atoms with van der Waals surface area (Å²) in [7, 11) is 3.17. The number of hydrogen-bond acceptors (Lipinski definition) is 6. The van der Waals surface area contributed by atoms with Gasteiger partial charge < -0.3 is 14.8 Å². The van der Waals surface area contributed by atoms with Crippen molar-refractivity contribution in [3.63, 3.8) is 0 Å². The molecule has 166 valence electrons. The Balaban J connectivity index is 1.55. The Kier molecular flexibility index (Phi) is 5.67. The first kappa shape index (κ1) is 21.2. The van der Waals surface area contributed by atoms with E-state index in [1.54, 1.807) is 35.7 Å². The highest BCUT2D eigenvalue weighted by atomic mass is 16.5. The molecule has 1 aromatic carbocycles. The Morgan fingerprint density at radius 1 is 1.19 bits per heavy atom. The topological polar surface area (TPSA) is 116 Å². The molecule has 0 unspecified atom stereocenters. The number of benzene rings is 1. The number of amides is 1. The lowest BCUT2D eigenvalue weighted by Crippen LogP contribution is -2.20. The number of nitrogens with one attached hydrogen (secondary N) is 2. The zero-order valence-electron chi connectivity index (χ0n) is 18.3. The number of aromatic amines is 1. The van der Waals surface area contributed by atoms with Crippen molar-refractivity contribution in [2.24, 2.45) is 0 Å². The summed E-state index contributed by atoms with van der Waals surface area (Å²) in [5.74, 6) is 1.58. The number of para-hydroxylation sites is 1. The quantitative estimate of drug-likeness (QED) is 0.458. The molecule has 1 amide bonds. The van der Waals surface area contributed by atoms with Gasteiger partial charge in [0.1, 0.15) is 5.82 Å². The van der Waals surface area contributed by atoms with Crippen LogP contribution in [0.1, 0.15) is 22.5 Å². The van der Waals surface area contributed by atoms with E-state index < -0.39 is 0 Å². The summed E-state index contributed by atoms with van der Waals surface area (Å²) in [6, 6.07) is 8.77. The van der Waals surface area contributed by atoms with Crippen LogP contribution in [0.25, 0.3) is 5.65 Å². The largest absolute Gasteiger partial charge is 0.493 e. The predicted octanol–water partition coefficient (Wildman–Crippen LogP) is 2.08. The molecule has 0 saturated heterocycles. The molecule has 0 atom stereocenters. The summed E-state index contributed by atoms with van der Waals surface area (Å²) in [6.45, 7) is 4.06. The van der Waals surface area contributed by atoms with Crippen molar-refractivity contribution < 1.29 is 14.3 Å². The second-order valence-electron chi connectivity index (χ2n) is 7.33. The van der Waals surface area contributed by atoms with E-state index in [0.29, 0.717) is 35.2 Å². The summed E-state index contributed by atoms with van der Waals surface area (Å²) in [6.07, 6.45) is 1.73. The fourth-order valence-electron chi connectivity index (χ4n) is 3.76. The average Bonchev–Trinajstić information content (AvgIpc) is 3.36. The number of ether oxygens (including phenoxy) is 2. The van der Waals surface area contributed by atoms with Gasteiger partial charge in [-0.25, -0.2) is 14.2 Å². The van der Waals surface area contributed by atoms with Crippen LogP contribution in [-0.4, -0.2) is 44.5 Å². The number of carbonyl (C=O) groups is 1. The van der Waals surface area contributed by atoms with Gasteiger partial charge in [0, 0.05) is 34.6 Å². The van der Waals surface area contributed by atoms with Gasteiger partial charge in [-0.1, -0.05) is 12.1 Å². The van der Waals surface area contributed by atoms with E-state index in [2.05, 4.69) is 20.5 Å². The Morgan fingerprint density at radius 3 is 2.75 bits per heavy atom. The highest BCUT2D eigenvalue weighted by Crippen LogP contribution is 2.31. The maximum absolute atomic E-state index is 12.8. The SMILES string of the molecule is COc1cccc(Cn2nccc2NC(=O)Cc2c(C)nc3cc(=O)[nH]n3c2C)c1OC. The zero-order chi connectivity index (χ0) is 22.8. The van der Waals surface area contributed by atoms with Crippen molar-refractivity contribution >= 4 is 17.4 Å². The molecule has 0 aliphatic carbocycles. The van der Waals surface area contributed by atoms with Crippen molar-refractivity contribution in [1.29, 1.82) is 0 Å². The molecule has 0 radical (unpaired) electrons. The standard InChI is InChI=1S/C22H24N6O4/c1-13-16(14(2)28-19(24-13)11-21(30)26-28)10-20(29)25-18-8-9-23-27(18)12-15-6-5-7-17(31-3)22(15)32-4/h5-9,11H,10,12H2,1-4H3,(H,25,29)(H,26,30). The van der Waals surface area contributed by atoms with Gasteiger partial charge in [0.15, 0.2) is 17.1 Å². The molecular weight excluding hydrogens is 412 g/mol. The van der Waals surface area contributed by atoms with E-state index in [-0.39, 0.29) is 17.9 Å². The van der Waals surface area contributed by atoms with Crippen LogP contribution in [0.5, 0.6) is 11.5 Å². The Bertz CT molecular complexity index is 1350. The van der Waals surface area contributed by atoms with Crippen LogP contribution >= 0.6 is 0 Å². The molecule has 0 saturated carbocycles. The van der Waals surface area contributed by atoms with Gasteiger partial charge in [0.25, 0.3) is 5.56 Å². The molecule has 3 heterocycles. The molecule has 0 aliphatic heterocycles. The predicted molar refractivity (Wildman–Crippen MR) is 118 cm³/mol. The Labute approximate surface area is 183 Å². The number of nitrogens with zero attached hydrogens (tertiary/aromatic N) is 4. The van der Waals surface area contributed by atoms with E-state index >= 15 is 0 Å². The van der Waals surface area contributed by atoms with E-state index in [0.717, 1.165) is 16.8 Å². The van der Waals surface area contributed by atoms with Crippen molar-refractivity contribution in [1.82, 2.24) is 24.4 Å². The fraction of sp³-hybridized carbons (Fsp3) is 0.273. The van der Waals surface area contributed by atoms with Gasteiger partial charge in [-0.2, -0.15) is 5.10 Å². The molecule has 2 N–H and O–H groups in total. The monoisotopic (exact) mass is 436 g/mol. The van der Waals surface area contributed by atoms with Gasteiger partial charge >= 0.3 is 0 Å². The Morgan fingerprint density at radius 2 is 2.00 bits per heavy atom. The third kappa shape index (κ3) is 3.94. The molecule has 0 spiro atoms. The van der Waals surface area contributed by atoms with Crippen LogP contribution < -0.4 is 20.3 Å². The number of aryl methyl sites for hydroxylation is 2. The minimum atomic E-state index is -0.238. The number of carbonyl (C=O) groups excluding carboxylic acids is 1. The summed E-state index contributed by atoms with van der Waals surface area (Å²) in [5.41, 5.74) is 3.37. The van der Waals surface area contributed by atoms with Crippen LogP contribution in [0.15, 0.2) is 41.3 Å². The van der Waals surface area contributed by atoms with E-state index in [1.807, 2.05) is 32.0 Å². The number of hydrogen-bond donors (Lipinski definition) is 2. The fourth-order valence-corrected chi connectivity index (χ4v) is 3.76. The van der Waals surface area contributed by atoms with Crippen LogP contribution in [0, 0.1) is 13.8 Å². The van der Waals surface area contributed by atoms with E-state index in [1.165, 1.54) is 6.07 Å². The lowest BCUT2D eigenvalue weighted by atomic mass is 10.1. The minimum absolute atomic E-state index is 0.106. The number of fused-ring (bicyclic) bond motifs is 1. The first-order valence-corrected chi connectivity index (χ1v) is 10.0. The molecule has 32 heavy (non-hydrogen) atoms. The lowest BCUT2D eigenvalue weighted by molar-refractivity contribution is -0.115. The molecule has 4 rings (SSSR count). The van der Waals surface area contributed by atoms with Gasteiger partial charge in [-0.3, -0.25) is 14.7 Å². The summed E-state index contributed by atoms with van der Waals surface area (Å²) in [5, 5.41) is 9.94. The minimum Gasteiger partial charge on any atom is -0.493 e. The molecule has 0 bridgehead atoms. The first-order chi connectivity index (χ1) is 15.4. The number of H-pyrrole nitrogens is 1. The molecule has 3 aromatic heterocycles. The van der Waals surface area contributed by atoms with Gasteiger partial charge in [-0.15, -0.1) is 0 Å². The number of aromatic nitrogens is 5. The maximum Gasteiger partial charge on any atom is 0.266 e. The van der Waals surface area contributed by atoms with E-state index in [9.17, 15) is 9.59 Å². The molecule has 0 fully saturated rings. The molecule has 4 aromatic rings. The van der Waals surface area contributed by atoms with Crippen molar-refractivity contribution in [3.05, 3.63) is 69.4 Å². The van der Waals surface area contributed by atoms with Crippen LogP contribution in [0.3, 0.4) is 0 Å². The molecular formula is C22H24N6O4. The van der Waals surface area contributed by atoms with Gasteiger partial charge in [0.2, 0.25) is 5.91 Å². The smallest absolute Gasteiger partial charge is 0.266 e. The molecule has 10 heteroatoms. The average molecular weight is 436 g/mol.